The number of halogens is 1. The summed E-state index contributed by atoms with van der Waals surface area (Å²) in [5.41, 5.74) is 4.11. The zero-order valence-electron chi connectivity index (χ0n) is 14.0. The summed E-state index contributed by atoms with van der Waals surface area (Å²) < 4.78 is 0. The van der Waals surface area contributed by atoms with Crippen LogP contribution >= 0.6 is 11.6 Å². The van der Waals surface area contributed by atoms with Crippen LogP contribution in [0.3, 0.4) is 0 Å². The summed E-state index contributed by atoms with van der Waals surface area (Å²) in [7, 11) is 0. The van der Waals surface area contributed by atoms with Gasteiger partial charge in [-0.1, -0.05) is 48.0 Å². The van der Waals surface area contributed by atoms with E-state index in [0.29, 0.717) is 5.56 Å². The Labute approximate surface area is 159 Å². The van der Waals surface area contributed by atoms with E-state index in [4.69, 9.17) is 16.7 Å². The Kier molecular flexibility index (Phi) is 5.38. The molecule has 6 nitrogen and oxygen atoms in total. The fraction of sp³-hybridized carbons (Fsp3) is 0.0500. The van der Waals surface area contributed by atoms with Crippen LogP contribution in [0.5, 0.6) is 5.75 Å². The highest BCUT2D eigenvalue weighted by molar-refractivity contribution is 6.32. The van der Waals surface area contributed by atoms with Crippen molar-refractivity contribution in [2.24, 2.45) is 5.10 Å². The maximum Gasteiger partial charge on any atom is 0.307 e. The van der Waals surface area contributed by atoms with Gasteiger partial charge in [0.25, 0.3) is 5.91 Å². The van der Waals surface area contributed by atoms with Crippen LogP contribution < -0.4 is 5.43 Å². The summed E-state index contributed by atoms with van der Waals surface area (Å²) in [4.78, 5) is 23.1. The first-order valence-electron chi connectivity index (χ1n) is 8.00. The zero-order valence-corrected chi connectivity index (χ0v) is 14.8. The topological polar surface area (TPSA) is 99.0 Å². The van der Waals surface area contributed by atoms with Crippen LogP contribution in [-0.2, 0) is 11.2 Å². The molecule has 0 spiro atoms. The average molecular weight is 383 g/mol. The fourth-order valence-electron chi connectivity index (χ4n) is 2.69. The van der Waals surface area contributed by atoms with Crippen LogP contribution in [0, 0.1) is 0 Å². The molecule has 3 N–H and O–H groups in total. The first-order chi connectivity index (χ1) is 13.0. The van der Waals surface area contributed by atoms with Gasteiger partial charge < -0.3 is 10.2 Å². The summed E-state index contributed by atoms with van der Waals surface area (Å²) >= 11 is 5.79. The molecule has 0 aliphatic heterocycles. The standard InChI is InChI=1S/C20H15ClN2O4/c21-17-9-13(7-8-18(17)24)20(27)23-22-11-14-6-5-12(10-19(25)26)15-3-1-2-4-16(14)15/h1-9,11,24H,10H2,(H,23,27)(H,25,26). The molecular formula is C20H15ClN2O4. The van der Waals surface area contributed by atoms with Crippen LogP contribution in [-0.4, -0.2) is 28.3 Å². The van der Waals surface area contributed by atoms with E-state index in [-0.39, 0.29) is 22.8 Å². The van der Waals surface area contributed by atoms with Crippen molar-refractivity contribution in [3.05, 3.63) is 76.3 Å². The van der Waals surface area contributed by atoms with Crippen molar-refractivity contribution in [2.45, 2.75) is 6.42 Å². The third-order valence-electron chi connectivity index (χ3n) is 3.97. The van der Waals surface area contributed by atoms with E-state index < -0.39 is 11.9 Å². The van der Waals surface area contributed by atoms with Gasteiger partial charge in [-0.05, 0) is 34.5 Å². The van der Waals surface area contributed by atoms with Crippen LogP contribution in [0.1, 0.15) is 21.5 Å². The quantitative estimate of drug-likeness (QED) is 0.464. The predicted molar refractivity (Wildman–Crippen MR) is 103 cm³/mol. The number of aliphatic carboxylic acids is 1. The number of fused-ring (bicyclic) bond motifs is 1. The number of carbonyl (C=O) groups excluding carboxylic acids is 1. The van der Waals surface area contributed by atoms with Crippen molar-refractivity contribution in [2.75, 3.05) is 0 Å². The van der Waals surface area contributed by atoms with E-state index >= 15 is 0 Å². The molecule has 27 heavy (non-hydrogen) atoms. The van der Waals surface area contributed by atoms with Gasteiger partial charge in [0, 0.05) is 11.1 Å². The van der Waals surface area contributed by atoms with Gasteiger partial charge in [0.15, 0.2) is 0 Å². The molecular weight excluding hydrogens is 368 g/mol. The van der Waals surface area contributed by atoms with Crippen LogP contribution in [0.4, 0.5) is 0 Å². The number of phenolic OH excluding ortho intramolecular Hbond substituents is 1. The molecule has 1 amide bonds. The molecule has 0 aliphatic rings. The minimum absolute atomic E-state index is 0.0731. The lowest BCUT2D eigenvalue weighted by molar-refractivity contribution is -0.136. The Morgan fingerprint density at radius 3 is 2.52 bits per heavy atom. The van der Waals surface area contributed by atoms with Crippen molar-refractivity contribution >= 4 is 40.5 Å². The molecule has 0 heterocycles. The van der Waals surface area contributed by atoms with E-state index in [2.05, 4.69) is 10.5 Å². The summed E-state index contributed by atoms with van der Waals surface area (Å²) in [6.07, 6.45) is 1.42. The molecule has 3 aromatic rings. The predicted octanol–water partition coefficient (Wildman–Crippen LogP) is 3.59. The number of benzene rings is 3. The van der Waals surface area contributed by atoms with Crippen LogP contribution in [0.2, 0.25) is 5.02 Å². The molecule has 0 radical (unpaired) electrons. The molecule has 0 bridgehead atoms. The number of aromatic hydroxyl groups is 1. The normalized spacial score (nSPS) is 11.0. The zero-order chi connectivity index (χ0) is 19.4. The Bertz CT molecular complexity index is 1060. The van der Waals surface area contributed by atoms with Crippen LogP contribution in [0.15, 0.2) is 59.7 Å². The molecule has 0 saturated heterocycles. The van der Waals surface area contributed by atoms with Crippen LogP contribution in [0.25, 0.3) is 10.8 Å². The molecule has 0 aliphatic carbocycles. The first-order valence-corrected chi connectivity index (χ1v) is 8.38. The Hall–Kier alpha value is -3.38. The monoisotopic (exact) mass is 382 g/mol. The summed E-state index contributed by atoms with van der Waals surface area (Å²) in [5.74, 6) is -1.48. The average Bonchev–Trinajstić information content (AvgIpc) is 2.65. The number of phenols is 1. The number of nitrogens with one attached hydrogen (secondary N) is 1. The number of hydrazone groups is 1. The largest absolute Gasteiger partial charge is 0.506 e. The SMILES string of the molecule is O=C(O)Cc1ccc(C=NNC(=O)c2ccc(O)c(Cl)c2)c2ccccc12. The second kappa shape index (κ2) is 7.88. The Balaban J connectivity index is 1.83. The van der Waals surface area contributed by atoms with E-state index in [0.717, 1.165) is 16.3 Å². The van der Waals surface area contributed by atoms with Crippen molar-refractivity contribution in [1.29, 1.82) is 0 Å². The van der Waals surface area contributed by atoms with E-state index in [1.165, 1.54) is 24.4 Å². The third-order valence-corrected chi connectivity index (χ3v) is 4.27. The molecule has 3 aromatic carbocycles. The van der Waals surface area contributed by atoms with E-state index in [1.54, 1.807) is 12.1 Å². The number of hydrogen-bond acceptors (Lipinski definition) is 4. The molecule has 0 saturated carbocycles. The van der Waals surface area contributed by atoms with Crippen molar-refractivity contribution in [3.63, 3.8) is 0 Å². The van der Waals surface area contributed by atoms with Gasteiger partial charge >= 0.3 is 5.97 Å². The van der Waals surface area contributed by atoms with Crippen molar-refractivity contribution in [3.8, 4) is 5.75 Å². The lowest BCUT2D eigenvalue weighted by Gasteiger charge is -2.07. The maximum absolute atomic E-state index is 12.1. The second-order valence-electron chi connectivity index (χ2n) is 5.80. The number of rotatable bonds is 5. The summed E-state index contributed by atoms with van der Waals surface area (Å²) in [5, 5.41) is 24.1. The number of amides is 1. The van der Waals surface area contributed by atoms with Gasteiger partial charge in [0.1, 0.15) is 5.75 Å². The van der Waals surface area contributed by atoms with Gasteiger partial charge in [0.05, 0.1) is 17.7 Å². The Morgan fingerprint density at radius 1 is 1.07 bits per heavy atom. The van der Waals surface area contributed by atoms with Gasteiger partial charge in [-0.25, -0.2) is 5.43 Å². The highest BCUT2D eigenvalue weighted by atomic mass is 35.5. The fourth-order valence-corrected chi connectivity index (χ4v) is 2.87. The van der Waals surface area contributed by atoms with E-state index in [1.807, 2.05) is 24.3 Å². The minimum Gasteiger partial charge on any atom is -0.506 e. The molecule has 136 valence electrons. The maximum atomic E-state index is 12.1. The lowest BCUT2D eigenvalue weighted by atomic mass is 9.98. The number of carboxylic acid groups (broad SMARTS) is 1. The van der Waals surface area contributed by atoms with Gasteiger partial charge in [0.2, 0.25) is 0 Å². The number of carbonyl (C=O) groups is 2. The molecule has 7 heteroatoms. The molecule has 0 aromatic heterocycles. The highest BCUT2D eigenvalue weighted by Gasteiger charge is 2.09. The molecule has 0 atom stereocenters. The van der Waals surface area contributed by atoms with Gasteiger partial charge in [-0.2, -0.15) is 5.10 Å². The second-order valence-corrected chi connectivity index (χ2v) is 6.20. The smallest absolute Gasteiger partial charge is 0.307 e. The first kappa shape index (κ1) is 18.4. The van der Waals surface area contributed by atoms with Crippen molar-refractivity contribution < 1.29 is 19.8 Å². The number of carboxylic acids is 1. The molecule has 0 fully saturated rings. The highest BCUT2D eigenvalue weighted by Crippen LogP contribution is 2.24. The van der Waals surface area contributed by atoms with Gasteiger partial charge in [-0.3, -0.25) is 9.59 Å². The Morgan fingerprint density at radius 2 is 1.81 bits per heavy atom. The third kappa shape index (κ3) is 4.24. The number of hydrogen-bond donors (Lipinski definition) is 3. The number of nitrogens with zero attached hydrogens (tertiary/aromatic N) is 1. The summed E-state index contributed by atoms with van der Waals surface area (Å²) in [6.45, 7) is 0. The van der Waals surface area contributed by atoms with Gasteiger partial charge in [-0.15, -0.1) is 0 Å². The van der Waals surface area contributed by atoms with Crippen molar-refractivity contribution in [1.82, 2.24) is 5.43 Å². The summed E-state index contributed by atoms with van der Waals surface area (Å²) in [6, 6.07) is 15.0. The minimum atomic E-state index is -0.901. The molecule has 0 unspecified atom stereocenters. The molecule has 3 rings (SSSR count). The lowest BCUT2D eigenvalue weighted by Crippen LogP contribution is -2.17. The van der Waals surface area contributed by atoms with E-state index in [9.17, 15) is 14.7 Å².